The van der Waals surface area contributed by atoms with Gasteiger partial charge in [-0.25, -0.2) is 0 Å². The minimum Gasteiger partial charge on any atom is -0.481 e. The minimum atomic E-state index is -0.608. The predicted molar refractivity (Wildman–Crippen MR) is 77.1 cm³/mol. The Labute approximate surface area is 117 Å². The Morgan fingerprint density at radius 1 is 1.16 bits per heavy atom. The molecule has 3 heteroatoms. The van der Waals surface area contributed by atoms with Crippen molar-refractivity contribution in [1.82, 2.24) is 4.90 Å². The number of carboxylic acid groups (broad SMARTS) is 1. The van der Waals surface area contributed by atoms with Crippen LogP contribution in [0.2, 0.25) is 0 Å². The molecule has 0 amide bonds. The third kappa shape index (κ3) is 3.50. The molecule has 0 bridgehead atoms. The van der Waals surface area contributed by atoms with Crippen molar-refractivity contribution >= 4 is 5.97 Å². The van der Waals surface area contributed by atoms with Gasteiger partial charge in [0.05, 0.1) is 5.92 Å². The Balaban J connectivity index is 1.91. The summed E-state index contributed by atoms with van der Waals surface area (Å²) in [4.78, 5) is 13.7. The number of hydrogen-bond acceptors (Lipinski definition) is 2. The summed E-state index contributed by atoms with van der Waals surface area (Å²) in [5.41, 5.74) is 0. The van der Waals surface area contributed by atoms with E-state index < -0.39 is 5.97 Å². The maximum absolute atomic E-state index is 11.2. The van der Waals surface area contributed by atoms with Crippen molar-refractivity contribution < 1.29 is 9.90 Å². The highest BCUT2D eigenvalue weighted by Gasteiger charge is 2.38. The van der Waals surface area contributed by atoms with E-state index in [1.54, 1.807) is 0 Å². The first-order chi connectivity index (χ1) is 8.99. The van der Waals surface area contributed by atoms with Crippen LogP contribution in [-0.4, -0.2) is 35.1 Å². The molecular formula is C16H29NO2. The van der Waals surface area contributed by atoms with E-state index in [0.29, 0.717) is 12.0 Å². The molecule has 1 saturated heterocycles. The molecule has 4 atom stereocenters. The van der Waals surface area contributed by atoms with Crippen LogP contribution in [0.15, 0.2) is 0 Å². The van der Waals surface area contributed by atoms with E-state index in [4.69, 9.17) is 0 Å². The number of hydrogen-bond donors (Lipinski definition) is 1. The van der Waals surface area contributed by atoms with Crippen LogP contribution in [0.1, 0.15) is 52.9 Å². The molecule has 0 aromatic heterocycles. The van der Waals surface area contributed by atoms with E-state index in [2.05, 4.69) is 25.7 Å². The van der Waals surface area contributed by atoms with Gasteiger partial charge in [-0.05, 0) is 37.0 Å². The molecule has 2 unspecified atom stereocenters. The van der Waals surface area contributed by atoms with Crippen molar-refractivity contribution in [1.29, 1.82) is 0 Å². The molecule has 19 heavy (non-hydrogen) atoms. The Kier molecular flexibility index (Phi) is 4.88. The van der Waals surface area contributed by atoms with Crippen LogP contribution >= 0.6 is 0 Å². The van der Waals surface area contributed by atoms with Gasteiger partial charge in [-0.1, -0.05) is 33.6 Å². The van der Waals surface area contributed by atoms with E-state index in [1.165, 1.54) is 32.1 Å². The minimum absolute atomic E-state index is 0.149. The zero-order valence-electron chi connectivity index (χ0n) is 12.6. The molecule has 0 aromatic rings. The first-order valence-corrected chi connectivity index (χ1v) is 7.96. The fourth-order valence-corrected chi connectivity index (χ4v) is 3.97. The molecule has 1 aliphatic heterocycles. The molecule has 0 radical (unpaired) electrons. The molecule has 2 rings (SSSR count). The van der Waals surface area contributed by atoms with Crippen molar-refractivity contribution in [2.24, 2.45) is 23.7 Å². The van der Waals surface area contributed by atoms with Crippen LogP contribution in [-0.2, 0) is 4.79 Å². The molecule has 1 saturated carbocycles. The first kappa shape index (κ1) is 14.8. The lowest BCUT2D eigenvalue weighted by molar-refractivity contribution is -0.142. The standard InChI is InChI=1S/C16H29NO2/c1-11(2)13-5-4-6-14(8-7-13)17-9-12(3)15(10-17)16(18)19/h11-15H,4-10H2,1-3H3,(H,18,19)/t12-,13?,14?,15-/m1/s1. The van der Waals surface area contributed by atoms with Crippen LogP contribution in [0.4, 0.5) is 0 Å². The summed E-state index contributed by atoms with van der Waals surface area (Å²) in [6.45, 7) is 8.51. The number of carboxylic acids is 1. The van der Waals surface area contributed by atoms with Crippen molar-refractivity contribution in [2.75, 3.05) is 13.1 Å². The number of likely N-dealkylation sites (tertiary alicyclic amines) is 1. The molecule has 1 aliphatic carbocycles. The van der Waals surface area contributed by atoms with E-state index in [9.17, 15) is 9.90 Å². The summed E-state index contributed by atoms with van der Waals surface area (Å²) in [7, 11) is 0. The molecule has 1 heterocycles. The van der Waals surface area contributed by atoms with Crippen molar-refractivity contribution in [3.8, 4) is 0 Å². The Morgan fingerprint density at radius 3 is 2.47 bits per heavy atom. The van der Waals surface area contributed by atoms with Crippen LogP contribution < -0.4 is 0 Å². The third-order valence-electron chi connectivity index (χ3n) is 5.40. The van der Waals surface area contributed by atoms with Crippen LogP contribution in [0.5, 0.6) is 0 Å². The average Bonchev–Trinajstić information content (AvgIpc) is 2.59. The van der Waals surface area contributed by atoms with Gasteiger partial charge in [0.2, 0.25) is 0 Å². The van der Waals surface area contributed by atoms with Gasteiger partial charge in [-0.3, -0.25) is 9.69 Å². The van der Waals surface area contributed by atoms with Crippen LogP contribution in [0.25, 0.3) is 0 Å². The summed E-state index contributed by atoms with van der Waals surface area (Å²) >= 11 is 0. The SMILES string of the molecule is CC(C)C1CCCC(N2C[C@@H](C)[C@H](C(=O)O)C2)CC1. The van der Waals surface area contributed by atoms with E-state index >= 15 is 0 Å². The summed E-state index contributed by atoms with van der Waals surface area (Å²) < 4.78 is 0. The van der Waals surface area contributed by atoms with Gasteiger partial charge < -0.3 is 5.11 Å². The van der Waals surface area contributed by atoms with E-state index in [0.717, 1.165) is 24.9 Å². The molecule has 2 fully saturated rings. The summed E-state index contributed by atoms with van der Waals surface area (Å²) in [6, 6.07) is 0.635. The molecule has 0 spiro atoms. The third-order valence-corrected chi connectivity index (χ3v) is 5.40. The lowest BCUT2D eigenvalue weighted by Crippen LogP contribution is -2.34. The van der Waals surface area contributed by atoms with Gasteiger partial charge in [0.1, 0.15) is 0 Å². The molecular weight excluding hydrogens is 238 g/mol. The van der Waals surface area contributed by atoms with Crippen molar-refractivity contribution in [3.05, 3.63) is 0 Å². The van der Waals surface area contributed by atoms with Gasteiger partial charge in [0.25, 0.3) is 0 Å². The maximum Gasteiger partial charge on any atom is 0.308 e. The zero-order valence-corrected chi connectivity index (χ0v) is 12.6. The van der Waals surface area contributed by atoms with Gasteiger partial charge in [-0.2, -0.15) is 0 Å². The number of nitrogens with zero attached hydrogens (tertiary/aromatic N) is 1. The van der Waals surface area contributed by atoms with Gasteiger partial charge in [0, 0.05) is 19.1 Å². The molecule has 3 nitrogen and oxygen atoms in total. The van der Waals surface area contributed by atoms with E-state index in [1.807, 2.05) is 0 Å². The fraction of sp³-hybridized carbons (Fsp3) is 0.938. The lowest BCUT2D eigenvalue weighted by atomic mass is 9.89. The second-order valence-corrected chi connectivity index (χ2v) is 7.04. The van der Waals surface area contributed by atoms with E-state index in [-0.39, 0.29) is 5.92 Å². The van der Waals surface area contributed by atoms with Gasteiger partial charge >= 0.3 is 5.97 Å². The number of carbonyl (C=O) groups is 1. The fourth-order valence-electron chi connectivity index (χ4n) is 3.97. The monoisotopic (exact) mass is 267 g/mol. The Bertz CT molecular complexity index is 316. The molecule has 2 aliphatic rings. The normalized spacial score (nSPS) is 37.5. The largest absolute Gasteiger partial charge is 0.481 e. The molecule has 1 N–H and O–H groups in total. The second kappa shape index (κ2) is 6.25. The maximum atomic E-state index is 11.2. The number of rotatable bonds is 3. The Morgan fingerprint density at radius 2 is 1.89 bits per heavy atom. The van der Waals surface area contributed by atoms with Crippen molar-refractivity contribution in [3.63, 3.8) is 0 Å². The van der Waals surface area contributed by atoms with Gasteiger partial charge in [-0.15, -0.1) is 0 Å². The summed E-state index contributed by atoms with van der Waals surface area (Å²) in [6.07, 6.45) is 6.53. The smallest absolute Gasteiger partial charge is 0.308 e. The molecule has 110 valence electrons. The highest BCUT2D eigenvalue weighted by atomic mass is 16.4. The lowest BCUT2D eigenvalue weighted by Gasteiger charge is -2.27. The first-order valence-electron chi connectivity index (χ1n) is 7.96. The number of aliphatic carboxylic acids is 1. The van der Waals surface area contributed by atoms with Crippen molar-refractivity contribution in [2.45, 2.75) is 58.9 Å². The molecule has 0 aromatic carbocycles. The summed E-state index contributed by atoms with van der Waals surface area (Å²) in [5.74, 6) is 1.22. The predicted octanol–water partition coefficient (Wildman–Crippen LogP) is 3.24. The quantitative estimate of drug-likeness (QED) is 0.798. The topological polar surface area (TPSA) is 40.5 Å². The van der Waals surface area contributed by atoms with Crippen LogP contribution in [0.3, 0.4) is 0 Å². The average molecular weight is 267 g/mol. The Hall–Kier alpha value is -0.570. The zero-order chi connectivity index (χ0) is 14.0. The highest BCUT2D eigenvalue weighted by Crippen LogP contribution is 2.34. The van der Waals surface area contributed by atoms with Gasteiger partial charge in [0.15, 0.2) is 0 Å². The van der Waals surface area contributed by atoms with Crippen LogP contribution in [0, 0.1) is 23.7 Å². The summed E-state index contributed by atoms with van der Waals surface area (Å²) in [5, 5.41) is 9.24. The second-order valence-electron chi connectivity index (χ2n) is 7.04. The highest BCUT2D eigenvalue weighted by molar-refractivity contribution is 5.71.